The number of Topliss-reactive ketones (excluding diaryl/α,β-unsaturated/α-hetero) is 1. The van der Waals surface area contributed by atoms with Gasteiger partial charge in [0.05, 0.1) is 6.54 Å². The van der Waals surface area contributed by atoms with E-state index in [1.54, 1.807) is 0 Å². The summed E-state index contributed by atoms with van der Waals surface area (Å²) >= 11 is 1.88. The number of hydrogen-bond acceptors (Lipinski definition) is 3. The highest BCUT2D eigenvalue weighted by atomic mass is 32.2. The van der Waals surface area contributed by atoms with Gasteiger partial charge in [-0.05, 0) is 36.9 Å². The van der Waals surface area contributed by atoms with Gasteiger partial charge in [0.25, 0.3) is 0 Å². The smallest absolute Gasteiger partial charge is 0.176 e. The zero-order valence-electron chi connectivity index (χ0n) is 9.99. The Kier molecular flexibility index (Phi) is 4.72. The van der Waals surface area contributed by atoms with Gasteiger partial charge in [-0.2, -0.15) is 11.8 Å². The quantitative estimate of drug-likeness (QED) is 0.788. The van der Waals surface area contributed by atoms with Crippen molar-refractivity contribution in [2.75, 3.05) is 31.1 Å². The van der Waals surface area contributed by atoms with Gasteiger partial charge in [-0.25, -0.2) is 8.78 Å². The van der Waals surface area contributed by atoms with Crippen molar-refractivity contribution in [3.8, 4) is 0 Å². The van der Waals surface area contributed by atoms with E-state index < -0.39 is 11.6 Å². The Bertz CT molecular complexity index is 431. The van der Waals surface area contributed by atoms with Crippen LogP contribution in [0.5, 0.6) is 0 Å². The minimum atomic E-state index is -0.965. The number of carbonyl (C=O) groups excluding carboxylic acids is 1. The molecule has 0 spiro atoms. The van der Waals surface area contributed by atoms with Crippen LogP contribution in [0.4, 0.5) is 8.78 Å². The van der Waals surface area contributed by atoms with Gasteiger partial charge >= 0.3 is 0 Å². The summed E-state index contributed by atoms with van der Waals surface area (Å²) in [5.74, 6) is 0.104. The van der Waals surface area contributed by atoms with Crippen LogP contribution in [0.15, 0.2) is 18.2 Å². The first-order chi connectivity index (χ1) is 8.66. The van der Waals surface area contributed by atoms with Crippen LogP contribution >= 0.6 is 11.8 Å². The molecule has 1 aliphatic heterocycles. The average Bonchev–Trinajstić information content (AvgIpc) is 2.61. The molecule has 98 valence electrons. The third-order valence-electron chi connectivity index (χ3n) is 2.92. The van der Waals surface area contributed by atoms with Gasteiger partial charge in [0.1, 0.15) is 0 Å². The molecule has 2 rings (SSSR count). The molecule has 1 aromatic rings. The molecule has 0 aromatic heterocycles. The number of hydrogen-bond donors (Lipinski definition) is 0. The van der Waals surface area contributed by atoms with Crippen molar-refractivity contribution in [1.29, 1.82) is 0 Å². The lowest BCUT2D eigenvalue weighted by atomic mass is 10.1. The summed E-state index contributed by atoms with van der Waals surface area (Å²) in [5.41, 5.74) is 0.241. The highest BCUT2D eigenvalue weighted by Crippen LogP contribution is 2.13. The second-order valence-corrected chi connectivity index (χ2v) is 5.52. The maximum absolute atomic E-state index is 13.0. The molecular weight excluding hydrogens is 256 g/mol. The lowest BCUT2D eigenvalue weighted by Gasteiger charge is -2.18. The topological polar surface area (TPSA) is 20.3 Å². The first-order valence-corrected chi connectivity index (χ1v) is 7.10. The van der Waals surface area contributed by atoms with E-state index in [0.717, 1.165) is 43.1 Å². The van der Waals surface area contributed by atoms with E-state index >= 15 is 0 Å². The van der Waals surface area contributed by atoms with Crippen molar-refractivity contribution < 1.29 is 13.6 Å². The molecule has 1 heterocycles. The molecule has 0 unspecified atom stereocenters. The second kappa shape index (κ2) is 6.29. The van der Waals surface area contributed by atoms with E-state index in [9.17, 15) is 13.6 Å². The van der Waals surface area contributed by atoms with Crippen LogP contribution in [-0.2, 0) is 0 Å². The minimum Gasteiger partial charge on any atom is -0.295 e. The molecule has 0 saturated carbocycles. The van der Waals surface area contributed by atoms with Crippen LogP contribution < -0.4 is 0 Å². The Morgan fingerprint density at radius 3 is 2.83 bits per heavy atom. The molecular formula is C13H15F2NOS. The Morgan fingerprint density at radius 2 is 2.06 bits per heavy atom. The third kappa shape index (κ3) is 3.53. The van der Waals surface area contributed by atoms with E-state index in [2.05, 4.69) is 4.90 Å². The van der Waals surface area contributed by atoms with Crippen LogP contribution in [-0.4, -0.2) is 41.8 Å². The molecule has 18 heavy (non-hydrogen) atoms. The average molecular weight is 271 g/mol. The van der Waals surface area contributed by atoms with E-state index in [4.69, 9.17) is 0 Å². The maximum Gasteiger partial charge on any atom is 0.176 e. The van der Waals surface area contributed by atoms with Crippen molar-refractivity contribution in [3.63, 3.8) is 0 Å². The summed E-state index contributed by atoms with van der Waals surface area (Å²) in [6.45, 7) is 2.05. The summed E-state index contributed by atoms with van der Waals surface area (Å²) < 4.78 is 25.8. The van der Waals surface area contributed by atoms with E-state index in [1.165, 1.54) is 6.07 Å². The Hall–Kier alpha value is -0.940. The highest BCUT2D eigenvalue weighted by molar-refractivity contribution is 7.99. The lowest BCUT2D eigenvalue weighted by molar-refractivity contribution is 0.0935. The van der Waals surface area contributed by atoms with Crippen LogP contribution in [0.2, 0.25) is 0 Å². The summed E-state index contributed by atoms with van der Waals surface area (Å²) in [6.07, 6.45) is 1.07. The first-order valence-electron chi connectivity index (χ1n) is 5.95. The zero-order chi connectivity index (χ0) is 13.0. The normalized spacial score (nSPS) is 17.4. The standard InChI is InChI=1S/C13H15F2NOS/c14-11-3-2-10(8-12(11)15)13(17)9-16-4-1-6-18-7-5-16/h2-3,8H,1,4-7,9H2. The number of ketones is 1. The van der Waals surface area contributed by atoms with Crippen molar-refractivity contribution >= 4 is 17.5 Å². The van der Waals surface area contributed by atoms with Gasteiger partial charge in [0.2, 0.25) is 0 Å². The molecule has 0 N–H and O–H groups in total. The fourth-order valence-electron chi connectivity index (χ4n) is 1.92. The fourth-order valence-corrected chi connectivity index (χ4v) is 2.84. The Morgan fingerprint density at radius 1 is 1.22 bits per heavy atom. The largest absolute Gasteiger partial charge is 0.295 e. The number of thioether (sulfide) groups is 1. The van der Waals surface area contributed by atoms with E-state index in [1.807, 2.05) is 11.8 Å². The molecule has 0 amide bonds. The molecule has 0 bridgehead atoms. The van der Waals surface area contributed by atoms with Crippen molar-refractivity contribution in [1.82, 2.24) is 4.90 Å². The summed E-state index contributed by atoms with van der Waals surface area (Å²) in [6, 6.07) is 3.32. The molecule has 1 aliphatic rings. The van der Waals surface area contributed by atoms with Gasteiger partial charge in [-0.1, -0.05) is 0 Å². The Labute approximate surface area is 109 Å². The molecule has 1 fully saturated rings. The highest BCUT2D eigenvalue weighted by Gasteiger charge is 2.15. The molecule has 1 saturated heterocycles. The predicted molar refractivity (Wildman–Crippen MR) is 69.1 cm³/mol. The monoisotopic (exact) mass is 271 g/mol. The van der Waals surface area contributed by atoms with E-state index in [-0.39, 0.29) is 17.9 Å². The molecule has 1 aromatic carbocycles. The van der Waals surface area contributed by atoms with Gasteiger partial charge < -0.3 is 0 Å². The number of carbonyl (C=O) groups is 1. The lowest BCUT2D eigenvalue weighted by Crippen LogP contribution is -2.31. The maximum atomic E-state index is 13.0. The zero-order valence-corrected chi connectivity index (χ0v) is 10.8. The second-order valence-electron chi connectivity index (χ2n) is 4.29. The van der Waals surface area contributed by atoms with Gasteiger partial charge in [-0.15, -0.1) is 0 Å². The molecule has 0 atom stereocenters. The minimum absolute atomic E-state index is 0.152. The Balaban J connectivity index is 1.99. The molecule has 0 aliphatic carbocycles. The number of rotatable bonds is 3. The third-order valence-corrected chi connectivity index (χ3v) is 3.97. The molecule has 2 nitrogen and oxygen atoms in total. The molecule has 0 radical (unpaired) electrons. The van der Waals surface area contributed by atoms with Crippen LogP contribution in [0.3, 0.4) is 0 Å². The van der Waals surface area contributed by atoms with Gasteiger partial charge in [-0.3, -0.25) is 9.69 Å². The van der Waals surface area contributed by atoms with Gasteiger partial charge in [0.15, 0.2) is 17.4 Å². The van der Waals surface area contributed by atoms with Crippen LogP contribution in [0, 0.1) is 11.6 Å². The van der Waals surface area contributed by atoms with Crippen molar-refractivity contribution in [2.45, 2.75) is 6.42 Å². The number of nitrogens with zero attached hydrogens (tertiary/aromatic N) is 1. The van der Waals surface area contributed by atoms with Crippen molar-refractivity contribution in [3.05, 3.63) is 35.4 Å². The fraction of sp³-hybridized carbons (Fsp3) is 0.462. The summed E-state index contributed by atoms with van der Waals surface area (Å²) in [7, 11) is 0. The molecule has 5 heteroatoms. The first kappa shape index (κ1) is 13.5. The summed E-state index contributed by atoms with van der Waals surface area (Å²) in [5, 5.41) is 0. The predicted octanol–water partition coefficient (Wildman–Crippen LogP) is 2.59. The van der Waals surface area contributed by atoms with Crippen LogP contribution in [0.1, 0.15) is 16.8 Å². The van der Waals surface area contributed by atoms with Crippen LogP contribution in [0.25, 0.3) is 0 Å². The number of halogens is 2. The van der Waals surface area contributed by atoms with E-state index in [0.29, 0.717) is 0 Å². The van der Waals surface area contributed by atoms with Crippen molar-refractivity contribution in [2.24, 2.45) is 0 Å². The van der Waals surface area contributed by atoms with Gasteiger partial charge in [0, 0.05) is 17.9 Å². The number of benzene rings is 1. The SMILES string of the molecule is O=C(CN1CCCSCC1)c1ccc(F)c(F)c1. The summed E-state index contributed by atoms with van der Waals surface area (Å²) in [4.78, 5) is 14.0.